The summed E-state index contributed by atoms with van der Waals surface area (Å²) >= 11 is 3.37. The maximum atomic E-state index is 12.0. The largest absolute Gasteiger partial charge is 0.383 e. The van der Waals surface area contributed by atoms with Crippen molar-refractivity contribution in [3.05, 3.63) is 52.6 Å². The first kappa shape index (κ1) is 16.5. The highest BCUT2D eigenvalue weighted by molar-refractivity contribution is 9.10. The third-order valence-corrected chi connectivity index (χ3v) is 3.47. The van der Waals surface area contributed by atoms with Gasteiger partial charge >= 0.3 is 0 Å². The Labute approximate surface area is 138 Å². The lowest BCUT2D eigenvalue weighted by Crippen LogP contribution is -2.15. The lowest BCUT2D eigenvalue weighted by molar-refractivity contribution is -0.115. The van der Waals surface area contributed by atoms with Gasteiger partial charge in [0, 0.05) is 18.1 Å². The van der Waals surface area contributed by atoms with Gasteiger partial charge in [-0.25, -0.2) is 4.98 Å². The molecule has 1 aromatic heterocycles. The van der Waals surface area contributed by atoms with Crippen LogP contribution in [-0.4, -0.2) is 31.2 Å². The van der Waals surface area contributed by atoms with E-state index in [0.717, 1.165) is 15.7 Å². The van der Waals surface area contributed by atoms with Gasteiger partial charge in [-0.15, -0.1) is 0 Å². The summed E-state index contributed by atoms with van der Waals surface area (Å²) in [6.45, 7) is 1.35. The summed E-state index contributed by atoms with van der Waals surface area (Å²) in [6.07, 6.45) is 2.01. The fourth-order valence-electron chi connectivity index (χ4n) is 1.84. The second kappa shape index (κ2) is 8.51. The van der Waals surface area contributed by atoms with Crippen LogP contribution >= 0.6 is 15.9 Å². The number of carbonyl (C=O) groups is 1. The van der Waals surface area contributed by atoms with Crippen LogP contribution in [0.4, 0.5) is 11.5 Å². The van der Waals surface area contributed by atoms with Crippen molar-refractivity contribution in [2.45, 2.75) is 6.42 Å². The average Bonchev–Trinajstić information content (AvgIpc) is 2.51. The van der Waals surface area contributed by atoms with E-state index in [1.54, 1.807) is 19.4 Å². The summed E-state index contributed by atoms with van der Waals surface area (Å²) in [6, 6.07) is 11.3. The number of nitrogens with zero attached hydrogens (tertiary/aromatic N) is 1. The molecule has 1 amide bonds. The van der Waals surface area contributed by atoms with Gasteiger partial charge in [0.25, 0.3) is 0 Å². The summed E-state index contributed by atoms with van der Waals surface area (Å²) in [7, 11) is 1.66. The lowest BCUT2D eigenvalue weighted by Gasteiger charge is -2.07. The minimum atomic E-state index is -0.0880. The Kier molecular flexibility index (Phi) is 6.36. The Morgan fingerprint density at radius 1 is 1.23 bits per heavy atom. The van der Waals surface area contributed by atoms with Crippen LogP contribution in [-0.2, 0) is 16.0 Å². The van der Waals surface area contributed by atoms with Crippen LogP contribution in [0.25, 0.3) is 0 Å². The highest BCUT2D eigenvalue weighted by Crippen LogP contribution is 2.12. The topological polar surface area (TPSA) is 63.2 Å². The minimum absolute atomic E-state index is 0.0880. The Morgan fingerprint density at radius 3 is 2.64 bits per heavy atom. The zero-order chi connectivity index (χ0) is 15.8. The van der Waals surface area contributed by atoms with Gasteiger partial charge in [0.15, 0.2) is 0 Å². The molecule has 0 saturated heterocycles. The third kappa shape index (κ3) is 5.46. The predicted octanol–water partition coefficient (Wildman–Crippen LogP) is 3.08. The second-order valence-electron chi connectivity index (χ2n) is 4.70. The fraction of sp³-hybridized carbons (Fsp3) is 0.250. The number of methoxy groups -OCH3 is 1. The highest BCUT2D eigenvalue weighted by Gasteiger charge is 2.05. The SMILES string of the molecule is COCCNc1ccc(NC(=O)Cc2ccc(Br)cc2)nc1. The maximum absolute atomic E-state index is 12.0. The lowest BCUT2D eigenvalue weighted by atomic mass is 10.1. The van der Waals surface area contributed by atoms with E-state index in [-0.39, 0.29) is 5.91 Å². The van der Waals surface area contributed by atoms with Gasteiger partial charge in [-0.05, 0) is 29.8 Å². The molecule has 1 aromatic carbocycles. The Balaban J connectivity index is 1.84. The first-order valence-electron chi connectivity index (χ1n) is 6.90. The van der Waals surface area contributed by atoms with Crippen molar-refractivity contribution >= 4 is 33.3 Å². The van der Waals surface area contributed by atoms with E-state index < -0.39 is 0 Å². The van der Waals surface area contributed by atoms with Crippen LogP contribution in [0.3, 0.4) is 0 Å². The smallest absolute Gasteiger partial charge is 0.229 e. The maximum Gasteiger partial charge on any atom is 0.229 e. The van der Waals surface area contributed by atoms with Gasteiger partial charge in [0.2, 0.25) is 5.91 Å². The number of rotatable bonds is 7. The molecule has 0 radical (unpaired) electrons. The van der Waals surface area contributed by atoms with Crippen molar-refractivity contribution in [3.63, 3.8) is 0 Å². The Morgan fingerprint density at radius 2 is 2.00 bits per heavy atom. The van der Waals surface area contributed by atoms with Crippen LogP contribution < -0.4 is 10.6 Å². The molecule has 2 aromatic rings. The molecular weight excluding hydrogens is 346 g/mol. The molecule has 0 atom stereocenters. The van der Waals surface area contributed by atoms with E-state index in [4.69, 9.17) is 4.74 Å². The van der Waals surface area contributed by atoms with Gasteiger partial charge in [0.1, 0.15) is 5.82 Å². The number of carbonyl (C=O) groups excluding carboxylic acids is 1. The first-order valence-corrected chi connectivity index (χ1v) is 7.70. The van der Waals surface area contributed by atoms with E-state index in [1.165, 1.54) is 0 Å². The fourth-order valence-corrected chi connectivity index (χ4v) is 2.11. The number of benzene rings is 1. The molecule has 2 rings (SSSR count). The average molecular weight is 364 g/mol. The normalized spacial score (nSPS) is 10.3. The molecule has 0 aliphatic rings. The second-order valence-corrected chi connectivity index (χ2v) is 5.62. The number of aromatic nitrogens is 1. The first-order chi connectivity index (χ1) is 10.7. The van der Waals surface area contributed by atoms with E-state index in [2.05, 4.69) is 31.5 Å². The molecule has 1 heterocycles. The van der Waals surface area contributed by atoms with Gasteiger partial charge in [-0.1, -0.05) is 28.1 Å². The standard InChI is InChI=1S/C16H18BrN3O2/c1-22-9-8-18-14-6-7-15(19-11-14)20-16(21)10-12-2-4-13(17)5-3-12/h2-7,11,18H,8-10H2,1H3,(H,19,20,21). The number of amides is 1. The third-order valence-electron chi connectivity index (χ3n) is 2.94. The highest BCUT2D eigenvalue weighted by atomic mass is 79.9. The van der Waals surface area contributed by atoms with E-state index in [1.807, 2.05) is 30.3 Å². The van der Waals surface area contributed by atoms with Crippen LogP contribution in [0.15, 0.2) is 47.1 Å². The van der Waals surface area contributed by atoms with E-state index in [9.17, 15) is 4.79 Å². The van der Waals surface area contributed by atoms with Crippen LogP contribution in [0.1, 0.15) is 5.56 Å². The molecule has 0 fully saturated rings. The van der Waals surface area contributed by atoms with Gasteiger partial charge < -0.3 is 15.4 Å². The van der Waals surface area contributed by atoms with Crippen LogP contribution in [0.2, 0.25) is 0 Å². The minimum Gasteiger partial charge on any atom is -0.383 e. The van der Waals surface area contributed by atoms with Crippen molar-refractivity contribution in [3.8, 4) is 0 Å². The predicted molar refractivity (Wildman–Crippen MR) is 91.1 cm³/mol. The monoisotopic (exact) mass is 363 g/mol. The van der Waals surface area contributed by atoms with Crippen LogP contribution in [0.5, 0.6) is 0 Å². The van der Waals surface area contributed by atoms with Gasteiger partial charge in [-0.2, -0.15) is 0 Å². The number of hydrogen-bond acceptors (Lipinski definition) is 4. The molecule has 116 valence electrons. The molecular formula is C16H18BrN3O2. The molecule has 22 heavy (non-hydrogen) atoms. The molecule has 0 bridgehead atoms. The number of pyridine rings is 1. The summed E-state index contributed by atoms with van der Waals surface area (Å²) < 4.78 is 5.96. The molecule has 5 nitrogen and oxygen atoms in total. The quantitative estimate of drug-likeness (QED) is 0.742. The number of anilines is 2. The zero-order valence-electron chi connectivity index (χ0n) is 12.3. The summed E-state index contributed by atoms with van der Waals surface area (Å²) in [5.74, 6) is 0.453. The molecule has 6 heteroatoms. The molecule has 0 spiro atoms. The summed E-state index contributed by atoms with van der Waals surface area (Å²) in [5, 5.41) is 5.95. The van der Waals surface area contributed by atoms with E-state index >= 15 is 0 Å². The van der Waals surface area contributed by atoms with Crippen LogP contribution in [0, 0.1) is 0 Å². The van der Waals surface area contributed by atoms with Crippen molar-refractivity contribution < 1.29 is 9.53 Å². The Hall–Kier alpha value is -1.92. The summed E-state index contributed by atoms with van der Waals surface area (Å²) in [5.41, 5.74) is 1.85. The molecule has 0 unspecified atom stereocenters. The molecule has 2 N–H and O–H groups in total. The van der Waals surface area contributed by atoms with Crippen molar-refractivity contribution in [2.75, 3.05) is 30.9 Å². The van der Waals surface area contributed by atoms with Crippen molar-refractivity contribution in [1.82, 2.24) is 4.98 Å². The van der Waals surface area contributed by atoms with E-state index in [0.29, 0.717) is 25.4 Å². The van der Waals surface area contributed by atoms with Crippen molar-refractivity contribution in [2.24, 2.45) is 0 Å². The molecule has 0 aliphatic carbocycles. The number of ether oxygens (including phenoxy) is 1. The molecule has 0 saturated carbocycles. The summed E-state index contributed by atoms with van der Waals surface area (Å²) in [4.78, 5) is 16.2. The van der Waals surface area contributed by atoms with Gasteiger partial charge in [-0.3, -0.25) is 4.79 Å². The zero-order valence-corrected chi connectivity index (χ0v) is 13.9. The van der Waals surface area contributed by atoms with Crippen molar-refractivity contribution in [1.29, 1.82) is 0 Å². The number of halogens is 1. The molecule has 0 aliphatic heterocycles. The number of hydrogen-bond donors (Lipinski definition) is 2. The Bertz CT molecular complexity index is 600. The van der Waals surface area contributed by atoms with Gasteiger partial charge in [0.05, 0.1) is 24.9 Å². The number of nitrogens with one attached hydrogen (secondary N) is 2.